The number of carbonyl (C=O) groups excluding carboxylic acids is 1. The maximum absolute atomic E-state index is 12.6. The maximum Gasteiger partial charge on any atom is 0.340 e. The zero-order chi connectivity index (χ0) is 20.0. The molecule has 0 bridgehead atoms. The lowest BCUT2D eigenvalue weighted by Gasteiger charge is -2.11. The Morgan fingerprint density at radius 2 is 1.75 bits per heavy atom. The average molecular weight is 375 g/mol. The lowest BCUT2D eigenvalue weighted by molar-refractivity contribution is -0.115. The van der Waals surface area contributed by atoms with Crippen molar-refractivity contribution in [1.82, 2.24) is 0 Å². The van der Waals surface area contributed by atoms with Crippen molar-refractivity contribution in [2.24, 2.45) is 0 Å². The second-order valence-corrected chi connectivity index (χ2v) is 7.22. The number of hydrogen-bond donors (Lipinski definition) is 1. The highest BCUT2D eigenvalue weighted by atomic mass is 16.4. The smallest absolute Gasteiger partial charge is 0.340 e. The third-order valence-corrected chi connectivity index (χ3v) is 5.22. The van der Waals surface area contributed by atoms with E-state index in [1.807, 2.05) is 58.0 Å². The number of hydrogen-bond acceptors (Lipinski definition) is 4. The van der Waals surface area contributed by atoms with Crippen LogP contribution in [0.25, 0.3) is 21.9 Å². The van der Waals surface area contributed by atoms with E-state index in [2.05, 4.69) is 5.32 Å². The van der Waals surface area contributed by atoms with Crippen molar-refractivity contribution in [2.45, 2.75) is 34.1 Å². The Bertz CT molecular complexity index is 1290. The van der Waals surface area contributed by atoms with Gasteiger partial charge in [0.1, 0.15) is 11.2 Å². The minimum absolute atomic E-state index is 0.0620. The third-order valence-electron chi connectivity index (χ3n) is 5.22. The molecule has 1 N–H and O–H groups in total. The molecule has 5 heteroatoms. The number of anilines is 1. The van der Waals surface area contributed by atoms with E-state index in [4.69, 9.17) is 8.83 Å². The Morgan fingerprint density at radius 3 is 2.50 bits per heavy atom. The lowest BCUT2D eigenvalue weighted by Crippen LogP contribution is -2.21. The van der Waals surface area contributed by atoms with Crippen molar-refractivity contribution in [1.29, 1.82) is 0 Å². The van der Waals surface area contributed by atoms with E-state index in [0.717, 1.165) is 33.2 Å². The molecule has 0 aliphatic rings. The van der Waals surface area contributed by atoms with E-state index in [1.165, 1.54) is 0 Å². The summed E-state index contributed by atoms with van der Waals surface area (Å²) in [4.78, 5) is 25.2. The molecule has 5 nitrogen and oxygen atoms in total. The fraction of sp³-hybridized carbons (Fsp3) is 0.217. The molecule has 0 atom stereocenters. The molecule has 0 aliphatic heterocycles. The molecule has 28 heavy (non-hydrogen) atoms. The van der Waals surface area contributed by atoms with E-state index >= 15 is 0 Å². The normalized spacial score (nSPS) is 11.3. The topological polar surface area (TPSA) is 72.5 Å². The van der Waals surface area contributed by atoms with Gasteiger partial charge in [-0.25, -0.2) is 4.79 Å². The minimum atomic E-state index is -0.494. The van der Waals surface area contributed by atoms with Crippen LogP contribution in [0.3, 0.4) is 0 Å². The number of rotatable bonds is 3. The SMILES string of the molecule is Cc1ccccc1NC(=O)Cc1c(C)c2c(cc(C)c3c(C)coc32)oc1=O. The molecule has 1 amide bonds. The lowest BCUT2D eigenvalue weighted by atomic mass is 9.98. The van der Waals surface area contributed by atoms with Crippen LogP contribution < -0.4 is 10.9 Å². The summed E-state index contributed by atoms with van der Waals surface area (Å²) in [5, 5.41) is 4.62. The van der Waals surface area contributed by atoms with E-state index < -0.39 is 5.63 Å². The first kappa shape index (κ1) is 18.0. The van der Waals surface area contributed by atoms with Crippen LogP contribution in [-0.4, -0.2) is 5.91 Å². The molecule has 4 rings (SSSR count). The summed E-state index contributed by atoms with van der Waals surface area (Å²) in [7, 11) is 0. The standard InChI is InChI=1S/C23H21NO4/c1-12-7-5-6-8-17(12)24-19(25)10-16-15(4)21-18(28-23(16)26)9-13(2)20-14(3)11-27-22(20)21/h5-9,11H,10H2,1-4H3,(H,24,25). The van der Waals surface area contributed by atoms with Gasteiger partial charge < -0.3 is 14.2 Å². The van der Waals surface area contributed by atoms with E-state index in [1.54, 1.807) is 6.26 Å². The highest BCUT2D eigenvalue weighted by molar-refractivity contribution is 6.07. The third kappa shape index (κ3) is 2.89. The van der Waals surface area contributed by atoms with E-state index in [0.29, 0.717) is 22.3 Å². The number of amides is 1. The van der Waals surface area contributed by atoms with Gasteiger partial charge in [-0.3, -0.25) is 4.79 Å². The number of para-hydroxylation sites is 1. The molecule has 0 saturated carbocycles. The Balaban J connectivity index is 1.80. The first-order chi connectivity index (χ1) is 13.4. The van der Waals surface area contributed by atoms with Crippen molar-refractivity contribution in [2.75, 3.05) is 5.32 Å². The predicted octanol–water partition coefficient (Wildman–Crippen LogP) is 4.95. The van der Waals surface area contributed by atoms with Crippen LogP contribution in [0.15, 0.2) is 50.2 Å². The zero-order valence-corrected chi connectivity index (χ0v) is 16.3. The van der Waals surface area contributed by atoms with Crippen molar-refractivity contribution in [3.05, 3.63) is 74.8 Å². The van der Waals surface area contributed by atoms with Crippen LogP contribution in [-0.2, 0) is 11.2 Å². The summed E-state index contributed by atoms with van der Waals surface area (Å²) in [6.07, 6.45) is 1.64. The quantitative estimate of drug-likeness (QED) is 0.514. The Morgan fingerprint density at radius 1 is 1.00 bits per heavy atom. The summed E-state index contributed by atoms with van der Waals surface area (Å²) in [6.45, 7) is 7.70. The first-order valence-electron chi connectivity index (χ1n) is 9.16. The molecule has 142 valence electrons. The number of fused-ring (bicyclic) bond motifs is 3. The first-order valence-corrected chi connectivity index (χ1v) is 9.16. The van der Waals surface area contributed by atoms with Gasteiger partial charge in [-0.05, 0) is 62.1 Å². The molecule has 4 aromatic rings. The second-order valence-electron chi connectivity index (χ2n) is 7.22. The van der Waals surface area contributed by atoms with Crippen molar-refractivity contribution in [3.8, 4) is 0 Å². The summed E-state index contributed by atoms with van der Waals surface area (Å²) in [5.41, 5.74) is 5.44. The van der Waals surface area contributed by atoms with Gasteiger partial charge in [0.15, 0.2) is 0 Å². The molecule has 0 radical (unpaired) electrons. The monoisotopic (exact) mass is 375 g/mol. The predicted molar refractivity (Wildman–Crippen MR) is 110 cm³/mol. The molecular formula is C23H21NO4. The average Bonchev–Trinajstić information content (AvgIpc) is 3.02. The summed E-state index contributed by atoms with van der Waals surface area (Å²) < 4.78 is 11.3. The van der Waals surface area contributed by atoms with Gasteiger partial charge in [0, 0.05) is 11.1 Å². The number of furan rings is 1. The van der Waals surface area contributed by atoms with Gasteiger partial charge in [0.05, 0.1) is 23.6 Å². The van der Waals surface area contributed by atoms with E-state index in [-0.39, 0.29) is 12.3 Å². The van der Waals surface area contributed by atoms with Gasteiger partial charge in [-0.2, -0.15) is 0 Å². The molecule has 0 spiro atoms. The van der Waals surface area contributed by atoms with Crippen LogP contribution in [0.2, 0.25) is 0 Å². The van der Waals surface area contributed by atoms with Crippen LogP contribution >= 0.6 is 0 Å². The fourth-order valence-electron chi connectivity index (χ4n) is 3.75. The highest BCUT2D eigenvalue weighted by Gasteiger charge is 2.20. The largest absolute Gasteiger partial charge is 0.463 e. The van der Waals surface area contributed by atoms with Gasteiger partial charge in [0.25, 0.3) is 0 Å². The maximum atomic E-state index is 12.6. The van der Waals surface area contributed by atoms with Crippen LogP contribution in [0.4, 0.5) is 5.69 Å². The molecule has 0 fully saturated rings. The highest BCUT2D eigenvalue weighted by Crippen LogP contribution is 2.34. The van der Waals surface area contributed by atoms with Crippen LogP contribution in [0.5, 0.6) is 0 Å². The Hall–Kier alpha value is -3.34. The van der Waals surface area contributed by atoms with Crippen molar-refractivity contribution in [3.63, 3.8) is 0 Å². The van der Waals surface area contributed by atoms with Crippen LogP contribution in [0, 0.1) is 27.7 Å². The second kappa shape index (κ2) is 6.68. The Kier molecular flexibility index (Phi) is 4.30. The molecule has 2 aromatic heterocycles. The number of nitrogens with one attached hydrogen (secondary N) is 1. The molecular weight excluding hydrogens is 354 g/mol. The van der Waals surface area contributed by atoms with Crippen LogP contribution in [0.1, 0.15) is 27.8 Å². The number of carbonyl (C=O) groups is 1. The molecule has 0 aliphatic carbocycles. The van der Waals surface area contributed by atoms with Gasteiger partial charge in [0.2, 0.25) is 5.91 Å². The summed E-state index contributed by atoms with van der Waals surface area (Å²) >= 11 is 0. The summed E-state index contributed by atoms with van der Waals surface area (Å²) in [6, 6.07) is 9.37. The summed E-state index contributed by atoms with van der Waals surface area (Å²) in [5.74, 6) is -0.261. The fourth-order valence-corrected chi connectivity index (χ4v) is 3.75. The molecule has 2 heterocycles. The Labute approximate surface area is 162 Å². The van der Waals surface area contributed by atoms with Gasteiger partial charge in [-0.15, -0.1) is 0 Å². The van der Waals surface area contributed by atoms with Crippen molar-refractivity contribution >= 4 is 33.5 Å². The molecule has 0 saturated heterocycles. The van der Waals surface area contributed by atoms with E-state index in [9.17, 15) is 9.59 Å². The number of aryl methyl sites for hydroxylation is 4. The molecule has 2 aromatic carbocycles. The molecule has 0 unspecified atom stereocenters. The van der Waals surface area contributed by atoms with Gasteiger partial charge in [-0.1, -0.05) is 18.2 Å². The minimum Gasteiger partial charge on any atom is -0.463 e. The number of benzene rings is 2. The van der Waals surface area contributed by atoms with Gasteiger partial charge >= 0.3 is 5.63 Å². The zero-order valence-electron chi connectivity index (χ0n) is 16.3. The van der Waals surface area contributed by atoms with Crippen molar-refractivity contribution < 1.29 is 13.6 Å².